The van der Waals surface area contributed by atoms with Crippen LogP contribution in [-0.2, 0) is 6.42 Å². The summed E-state index contributed by atoms with van der Waals surface area (Å²) in [6.07, 6.45) is 9.14. The molecule has 116 valence electrons. The number of guanidine groups is 1. The summed E-state index contributed by atoms with van der Waals surface area (Å²) in [4.78, 5) is 1.33. The van der Waals surface area contributed by atoms with E-state index in [-0.39, 0.29) is 5.96 Å². The molecular weight excluding hydrogens is 280 g/mol. The number of hydrogen-bond donors (Lipinski definition) is 3. The highest BCUT2D eigenvalue weighted by molar-refractivity contribution is 7.99. The number of nitrogens with one attached hydrogen (secondary N) is 2. The smallest absolute Gasteiger partial charge is 0.206 e. The fourth-order valence-electron chi connectivity index (χ4n) is 1.88. The summed E-state index contributed by atoms with van der Waals surface area (Å²) in [7, 11) is 0. The molecule has 1 aromatic carbocycles. The molecule has 0 spiro atoms. The molecule has 0 atom stereocenters. The summed E-state index contributed by atoms with van der Waals surface area (Å²) in [6.45, 7) is 2.25. The van der Waals surface area contributed by atoms with Crippen LogP contribution in [-0.4, -0.2) is 17.9 Å². The first-order chi connectivity index (χ1) is 10.2. The van der Waals surface area contributed by atoms with Crippen molar-refractivity contribution in [3.05, 3.63) is 29.8 Å². The third kappa shape index (κ3) is 9.13. The molecule has 0 unspecified atom stereocenters. The highest BCUT2D eigenvalue weighted by atomic mass is 32.2. The number of unbranched alkanes of at least 4 members (excludes halogenated alkanes) is 4. The van der Waals surface area contributed by atoms with Gasteiger partial charge in [-0.25, -0.2) is 5.43 Å². The first-order valence-corrected chi connectivity index (χ1v) is 8.54. The van der Waals surface area contributed by atoms with Crippen LogP contribution in [0.5, 0.6) is 0 Å². The number of nitrogens with zero attached hydrogens (tertiary/aromatic N) is 1. The number of hydrazone groups is 1. The van der Waals surface area contributed by atoms with Gasteiger partial charge in [0.1, 0.15) is 0 Å². The number of rotatable bonds is 10. The van der Waals surface area contributed by atoms with E-state index in [9.17, 15) is 0 Å². The van der Waals surface area contributed by atoms with E-state index in [1.807, 2.05) is 11.8 Å². The van der Waals surface area contributed by atoms with Gasteiger partial charge in [-0.05, 0) is 29.9 Å². The molecule has 0 fully saturated rings. The van der Waals surface area contributed by atoms with Crippen molar-refractivity contribution in [2.75, 3.05) is 5.75 Å². The lowest BCUT2D eigenvalue weighted by molar-refractivity contribution is 0.659. The number of nitrogens with two attached hydrogens (primary N) is 1. The van der Waals surface area contributed by atoms with Crippen LogP contribution in [0.2, 0.25) is 0 Å². The minimum Gasteiger partial charge on any atom is -0.369 e. The number of thioether (sulfide) groups is 1. The second kappa shape index (κ2) is 11.2. The quantitative estimate of drug-likeness (QED) is 0.202. The maximum absolute atomic E-state index is 6.97. The number of hydrogen-bond acceptors (Lipinski definition) is 3. The van der Waals surface area contributed by atoms with Gasteiger partial charge < -0.3 is 5.73 Å². The molecule has 5 heteroatoms. The Hall–Kier alpha value is -1.49. The van der Waals surface area contributed by atoms with Gasteiger partial charge in [0.15, 0.2) is 0 Å². The Morgan fingerprint density at radius 3 is 2.62 bits per heavy atom. The minimum absolute atomic E-state index is 0.142. The van der Waals surface area contributed by atoms with E-state index in [1.54, 1.807) is 6.21 Å². The second-order valence-electron chi connectivity index (χ2n) is 4.95. The van der Waals surface area contributed by atoms with Crippen LogP contribution in [0.25, 0.3) is 0 Å². The van der Waals surface area contributed by atoms with Crippen LogP contribution in [0.4, 0.5) is 0 Å². The van der Waals surface area contributed by atoms with Gasteiger partial charge in [0.05, 0.1) is 0 Å². The van der Waals surface area contributed by atoms with E-state index in [0.29, 0.717) is 0 Å². The fourth-order valence-corrected chi connectivity index (χ4v) is 2.80. The molecular formula is C16H26N4S. The second-order valence-corrected chi connectivity index (χ2v) is 6.12. The molecule has 0 aliphatic rings. The normalized spacial score (nSPS) is 10.9. The lowest BCUT2D eigenvalue weighted by Crippen LogP contribution is -2.25. The summed E-state index contributed by atoms with van der Waals surface area (Å²) < 4.78 is 0. The van der Waals surface area contributed by atoms with Crippen molar-refractivity contribution in [3.8, 4) is 0 Å². The summed E-state index contributed by atoms with van der Waals surface area (Å²) in [6, 6.07) is 8.58. The molecule has 1 rings (SSSR count). The van der Waals surface area contributed by atoms with Crippen LogP contribution in [0.3, 0.4) is 0 Å². The molecule has 0 amide bonds. The fraction of sp³-hybridized carbons (Fsp3) is 0.500. The van der Waals surface area contributed by atoms with Crippen molar-refractivity contribution in [3.63, 3.8) is 0 Å². The average Bonchev–Trinajstić information content (AvgIpc) is 2.48. The third-order valence-electron chi connectivity index (χ3n) is 3.04. The summed E-state index contributed by atoms with van der Waals surface area (Å²) >= 11 is 1.93. The van der Waals surface area contributed by atoms with E-state index in [1.165, 1.54) is 48.3 Å². The Bertz CT molecular complexity index is 428. The van der Waals surface area contributed by atoms with E-state index < -0.39 is 0 Å². The minimum atomic E-state index is -0.142. The van der Waals surface area contributed by atoms with Crippen LogP contribution in [0.15, 0.2) is 34.3 Å². The Balaban J connectivity index is 2.21. The molecule has 0 aliphatic carbocycles. The SMILES string of the molecule is CCCCCCCSc1ccc(CC=NNC(=N)N)cc1. The van der Waals surface area contributed by atoms with Gasteiger partial charge in [-0.15, -0.1) is 11.8 Å². The topological polar surface area (TPSA) is 74.3 Å². The zero-order chi connectivity index (χ0) is 15.3. The average molecular weight is 306 g/mol. The first kappa shape index (κ1) is 17.6. The summed E-state index contributed by atoms with van der Waals surface area (Å²) in [5, 5.41) is 10.8. The first-order valence-electron chi connectivity index (χ1n) is 7.55. The Morgan fingerprint density at radius 2 is 1.95 bits per heavy atom. The molecule has 21 heavy (non-hydrogen) atoms. The van der Waals surface area contributed by atoms with Crippen LogP contribution < -0.4 is 11.2 Å². The lowest BCUT2D eigenvalue weighted by atomic mass is 10.2. The lowest BCUT2D eigenvalue weighted by Gasteiger charge is -2.03. The highest BCUT2D eigenvalue weighted by Gasteiger charge is 1.96. The molecule has 0 saturated heterocycles. The molecule has 4 nitrogen and oxygen atoms in total. The molecule has 0 aromatic heterocycles. The highest BCUT2D eigenvalue weighted by Crippen LogP contribution is 2.20. The van der Waals surface area contributed by atoms with E-state index in [0.717, 1.165) is 6.42 Å². The van der Waals surface area contributed by atoms with Gasteiger partial charge in [0.2, 0.25) is 5.96 Å². The van der Waals surface area contributed by atoms with Crippen molar-refractivity contribution in [2.45, 2.75) is 50.3 Å². The zero-order valence-electron chi connectivity index (χ0n) is 12.8. The summed E-state index contributed by atoms with van der Waals surface area (Å²) in [5.74, 6) is 1.06. The van der Waals surface area contributed by atoms with Gasteiger partial charge in [-0.3, -0.25) is 5.41 Å². The maximum Gasteiger partial charge on any atom is 0.206 e. The van der Waals surface area contributed by atoms with Gasteiger partial charge in [-0.2, -0.15) is 5.10 Å². The summed E-state index contributed by atoms with van der Waals surface area (Å²) in [5.41, 5.74) is 8.74. The third-order valence-corrected chi connectivity index (χ3v) is 4.14. The molecule has 4 N–H and O–H groups in total. The van der Waals surface area contributed by atoms with Gasteiger partial charge in [0, 0.05) is 17.5 Å². The Morgan fingerprint density at radius 1 is 1.24 bits per heavy atom. The van der Waals surface area contributed by atoms with Crippen LogP contribution >= 0.6 is 11.8 Å². The standard InChI is InChI=1S/C16H26N4S/c1-2-3-4-5-6-13-21-15-9-7-14(8-10-15)11-12-19-20-16(17)18/h7-10,12H,2-6,11,13H2,1H3,(H4,17,18,20). The molecule has 0 aliphatic heterocycles. The predicted octanol–water partition coefficient (Wildman–Crippen LogP) is 3.76. The van der Waals surface area contributed by atoms with Gasteiger partial charge in [-0.1, -0.05) is 44.7 Å². The maximum atomic E-state index is 6.97. The zero-order valence-corrected chi connectivity index (χ0v) is 13.6. The molecule has 0 heterocycles. The monoisotopic (exact) mass is 306 g/mol. The molecule has 0 bridgehead atoms. The van der Waals surface area contributed by atoms with Crippen molar-refractivity contribution in [1.29, 1.82) is 5.41 Å². The van der Waals surface area contributed by atoms with Crippen molar-refractivity contribution >= 4 is 23.9 Å². The van der Waals surface area contributed by atoms with Crippen molar-refractivity contribution in [2.24, 2.45) is 10.8 Å². The largest absolute Gasteiger partial charge is 0.369 e. The number of benzene rings is 1. The molecule has 1 aromatic rings. The van der Waals surface area contributed by atoms with Crippen molar-refractivity contribution < 1.29 is 0 Å². The molecule has 0 saturated carbocycles. The van der Waals surface area contributed by atoms with E-state index in [2.05, 4.69) is 41.7 Å². The Kier molecular flexibility index (Phi) is 9.37. The van der Waals surface area contributed by atoms with E-state index in [4.69, 9.17) is 11.1 Å². The van der Waals surface area contributed by atoms with Gasteiger partial charge >= 0.3 is 0 Å². The van der Waals surface area contributed by atoms with Crippen LogP contribution in [0, 0.1) is 5.41 Å². The van der Waals surface area contributed by atoms with Crippen molar-refractivity contribution in [1.82, 2.24) is 5.43 Å². The van der Waals surface area contributed by atoms with Gasteiger partial charge in [0.25, 0.3) is 0 Å². The van der Waals surface area contributed by atoms with Crippen LogP contribution in [0.1, 0.15) is 44.6 Å². The van der Waals surface area contributed by atoms with E-state index >= 15 is 0 Å². The Labute approximate surface area is 132 Å². The predicted molar refractivity (Wildman–Crippen MR) is 93.2 cm³/mol. The molecule has 0 radical (unpaired) electrons.